The summed E-state index contributed by atoms with van der Waals surface area (Å²) in [6.07, 6.45) is 7.53. The molecule has 0 fully saturated rings. The molecule has 0 saturated heterocycles. The van der Waals surface area contributed by atoms with Crippen LogP contribution < -0.4 is 10.6 Å². The lowest BCUT2D eigenvalue weighted by Crippen LogP contribution is -2.36. The predicted octanol–water partition coefficient (Wildman–Crippen LogP) is 5.24. The van der Waals surface area contributed by atoms with Crippen LogP contribution in [0.5, 0.6) is 0 Å². The first-order valence-corrected chi connectivity index (χ1v) is 11.6. The molecule has 0 saturated carbocycles. The van der Waals surface area contributed by atoms with E-state index in [-0.39, 0.29) is 24.0 Å². The monoisotopic (exact) mass is 572 g/mol. The molecule has 4 rings (SSSR count). The van der Waals surface area contributed by atoms with E-state index in [1.165, 1.54) is 27.1 Å². The molecule has 0 radical (unpaired) electrons. The summed E-state index contributed by atoms with van der Waals surface area (Å²) < 4.78 is 2.07. The fourth-order valence-corrected chi connectivity index (χ4v) is 4.20. The first-order valence-electron chi connectivity index (χ1n) is 10.8. The Labute approximate surface area is 216 Å². The van der Waals surface area contributed by atoms with E-state index >= 15 is 0 Å². The summed E-state index contributed by atoms with van der Waals surface area (Å²) in [6, 6.07) is 17.2. The second-order valence-electron chi connectivity index (χ2n) is 7.50. The van der Waals surface area contributed by atoms with E-state index in [0.29, 0.717) is 13.1 Å². The summed E-state index contributed by atoms with van der Waals surface area (Å²) in [5, 5.41) is 7.77. The Morgan fingerprint density at radius 2 is 1.91 bits per heavy atom. The molecule has 2 N–H and O–H groups in total. The van der Waals surface area contributed by atoms with Crippen molar-refractivity contribution >= 4 is 41.3 Å². The van der Waals surface area contributed by atoms with Crippen LogP contribution in [0.25, 0.3) is 11.1 Å². The highest BCUT2D eigenvalue weighted by Crippen LogP contribution is 2.25. The van der Waals surface area contributed by atoms with Gasteiger partial charge in [0.25, 0.3) is 0 Å². The smallest absolute Gasteiger partial charge is 0.191 e. The Hall–Kier alpha value is -2.72. The molecule has 0 spiro atoms. The first-order chi connectivity index (χ1) is 15.7. The average molecular weight is 573 g/mol. The Kier molecular flexibility index (Phi) is 9.44. The van der Waals surface area contributed by atoms with E-state index in [1.807, 2.05) is 18.7 Å². The van der Waals surface area contributed by atoms with Gasteiger partial charge in [0.05, 0.1) is 19.4 Å². The number of rotatable bonds is 8. The van der Waals surface area contributed by atoms with E-state index in [4.69, 9.17) is 4.99 Å². The third-order valence-corrected chi connectivity index (χ3v) is 5.95. The van der Waals surface area contributed by atoms with Crippen molar-refractivity contribution in [3.05, 3.63) is 94.5 Å². The molecule has 172 valence electrons. The summed E-state index contributed by atoms with van der Waals surface area (Å²) in [5.41, 5.74) is 4.84. The van der Waals surface area contributed by atoms with Gasteiger partial charge in [0.2, 0.25) is 0 Å². The molecule has 0 aliphatic carbocycles. The van der Waals surface area contributed by atoms with E-state index in [0.717, 1.165) is 24.1 Å². The van der Waals surface area contributed by atoms with Crippen LogP contribution >= 0.6 is 35.3 Å². The summed E-state index contributed by atoms with van der Waals surface area (Å²) in [6.45, 7) is 7.04. The van der Waals surface area contributed by atoms with Crippen LogP contribution in [0.1, 0.15) is 27.9 Å². The van der Waals surface area contributed by atoms with E-state index in [2.05, 4.69) is 87.5 Å². The topological polar surface area (TPSA) is 67.1 Å². The number of aliphatic imine (C=N–C) groups is 1. The highest BCUT2D eigenvalue weighted by molar-refractivity contribution is 14.0. The van der Waals surface area contributed by atoms with Crippen molar-refractivity contribution in [1.82, 2.24) is 25.2 Å². The normalized spacial score (nSPS) is 11.2. The number of hydrogen-bond acceptors (Lipinski definition) is 4. The molecule has 0 aliphatic rings. The number of aryl methyl sites for hydroxylation is 1. The van der Waals surface area contributed by atoms with E-state index < -0.39 is 0 Å². The van der Waals surface area contributed by atoms with Gasteiger partial charge in [-0.05, 0) is 36.1 Å². The highest BCUT2D eigenvalue weighted by atomic mass is 127. The van der Waals surface area contributed by atoms with Crippen molar-refractivity contribution in [1.29, 1.82) is 0 Å². The third kappa shape index (κ3) is 7.13. The number of imidazole rings is 1. The van der Waals surface area contributed by atoms with E-state index in [9.17, 15) is 0 Å². The van der Waals surface area contributed by atoms with Crippen molar-refractivity contribution < 1.29 is 0 Å². The van der Waals surface area contributed by atoms with Gasteiger partial charge < -0.3 is 15.2 Å². The van der Waals surface area contributed by atoms with Crippen LogP contribution in [0.2, 0.25) is 0 Å². The molecule has 6 nitrogen and oxygen atoms in total. The zero-order valence-corrected chi connectivity index (χ0v) is 22.0. The fourth-order valence-electron chi connectivity index (χ4n) is 3.47. The van der Waals surface area contributed by atoms with Crippen molar-refractivity contribution in [3.63, 3.8) is 0 Å². The number of thiazole rings is 1. The molecule has 0 aliphatic heterocycles. The molecule has 2 aromatic heterocycles. The Morgan fingerprint density at radius 3 is 2.61 bits per heavy atom. The minimum atomic E-state index is 0. The standard InChI is InChI=1S/C25H28N6S.HI/c1-3-27-25(30-16-24-28-14-19(2)32-24)29-15-22-6-4-5-7-23(22)21-10-8-20(9-11-21)17-31-13-12-26-18-31;/h4-14,18H,3,15-17H2,1-2H3,(H2,27,29,30);1H. The quantitative estimate of drug-likeness (QED) is 0.172. The molecule has 33 heavy (non-hydrogen) atoms. The SMILES string of the molecule is CCNC(=NCc1ccccc1-c1ccc(Cn2ccnc2)cc1)NCc1ncc(C)s1.I. The van der Waals surface area contributed by atoms with Crippen LogP contribution in [0.3, 0.4) is 0 Å². The largest absolute Gasteiger partial charge is 0.357 e. The summed E-state index contributed by atoms with van der Waals surface area (Å²) in [5.74, 6) is 0.797. The van der Waals surface area contributed by atoms with Crippen molar-refractivity contribution in [2.45, 2.75) is 33.5 Å². The molecule has 2 aromatic carbocycles. The van der Waals surface area contributed by atoms with Crippen LogP contribution in [0.4, 0.5) is 0 Å². The minimum absolute atomic E-state index is 0. The van der Waals surface area contributed by atoms with Crippen molar-refractivity contribution in [2.24, 2.45) is 4.99 Å². The van der Waals surface area contributed by atoms with Crippen molar-refractivity contribution in [3.8, 4) is 11.1 Å². The van der Waals surface area contributed by atoms with Gasteiger partial charge in [-0.1, -0.05) is 48.5 Å². The molecule has 2 heterocycles. The summed E-state index contributed by atoms with van der Waals surface area (Å²) >= 11 is 1.70. The second-order valence-corrected chi connectivity index (χ2v) is 8.82. The number of nitrogens with zero attached hydrogens (tertiary/aromatic N) is 4. The lowest BCUT2D eigenvalue weighted by Gasteiger charge is -2.12. The molecule has 0 amide bonds. The van der Waals surface area contributed by atoms with Crippen LogP contribution in [-0.2, 0) is 19.6 Å². The van der Waals surface area contributed by atoms with Gasteiger partial charge in [0.15, 0.2) is 5.96 Å². The fraction of sp³-hybridized carbons (Fsp3) is 0.240. The molecule has 0 atom stereocenters. The van der Waals surface area contributed by atoms with Gasteiger partial charge in [0.1, 0.15) is 5.01 Å². The molecule has 0 unspecified atom stereocenters. The van der Waals surface area contributed by atoms with Crippen molar-refractivity contribution in [2.75, 3.05) is 6.54 Å². The predicted molar refractivity (Wildman–Crippen MR) is 147 cm³/mol. The lowest BCUT2D eigenvalue weighted by atomic mass is 9.98. The maximum atomic E-state index is 4.82. The van der Waals surface area contributed by atoms with Gasteiger partial charge in [-0.3, -0.25) is 0 Å². The second kappa shape index (κ2) is 12.5. The Morgan fingerprint density at radius 1 is 1.09 bits per heavy atom. The number of halogens is 1. The number of benzene rings is 2. The molecule has 4 aromatic rings. The van der Waals surface area contributed by atoms with Crippen LogP contribution in [0.15, 0.2) is 78.4 Å². The average Bonchev–Trinajstić information content (AvgIpc) is 3.48. The van der Waals surface area contributed by atoms with E-state index in [1.54, 1.807) is 17.5 Å². The summed E-state index contributed by atoms with van der Waals surface area (Å²) in [4.78, 5) is 14.6. The molecule has 8 heteroatoms. The van der Waals surface area contributed by atoms with Gasteiger partial charge in [-0.15, -0.1) is 35.3 Å². The number of guanidine groups is 1. The number of nitrogens with one attached hydrogen (secondary N) is 2. The van der Waals surface area contributed by atoms with Gasteiger partial charge in [0, 0.05) is 36.6 Å². The Bertz CT molecular complexity index is 1150. The molecule has 0 bridgehead atoms. The third-order valence-electron chi connectivity index (χ3n) is 5.03. The van der Waals surface area contributed by atoms with Gasteiger partial charge in [-0.25, -0.2) is 15.0 Å². The number of aromatic nitrogens is 3. The van der Waals surface area contributed by atoms with Gasteiger partial charge in [-0.2, -0.15) is 0 Å². The van der Waals surface area contributed by atoms with Crippen LogP contribution in [0, 0.1) is 6.92 Å². The number of hydrogen-bond donors (Lipinski definition) is 2. The zero-order chi connectivity index (χ0) is 22.2. The highest BCUT2D eigenvalue weighted by Gasteiger charge is 2.06. The maximum absolute atomic E-state index is 4.82. The lowest BCUT2D eigenvalue weighted by molar-refractivity contribution is 0.797. The minimum Gasteiger partial charge on any atom is -0.357 e. The van der Waals surface area contributed by atoms with Gasteiger partial charge >= 0.3 is 0 Å². The first kappa shape index (κ1) is 24.9. The molecular weight excluding hydrogens is 543 g/mol. The maximum Gasteiger partial charge on any atom is 0.191 e. The summed E-state index contributed by atoms with van der Waals surface area (Å²) in [7, 11) is 0. The van der Waals surface area contributed by atoms with Crippen LogP contribution in [-0.4, -0.2) is 27.0 Å². The Balaban J connectivity index is 0.00000306. The zero-order valence-electron chi connectivity index (χ0n) is 18.9. The molecular formula is C25H29IN6S.